The fourth-order valence-corrected chi connectivity index (χ4v) is 13.6. The van der Waals surface area contributed by atoms with Crippen molar-refractivity contribution in [3.05, 3.63) is 174 Å². The third kappa shape index (κ3) is 20.2. The summed E-state index contributed by atoms with van der Waals surface area (Å²) in [6.07, 6.45) is 2.20. The van der Waals surface area contributed by atoms with Gasteiger partial charge < -0.3 is 29.5 Å². The van der Waals surface area contributed by atoms with Crippen molar-refractivity contribution in [3.63, 3.8) is 0 Å². The van der Waals surface area contributed by atoms with E-state index in [0.29, 0.717) is 42.9 Å². The zero-order valence-electron chi connectivity index (χ0n) is 65.7. The van der Waals surface area contributed by atoms with Gasteiger partial charge in [-0.1, -0.05) is 267 Å². The van der Waals surface area contributed by atoms with E-state index in [0.717, 1.165) is 83.5 Å². The molecule has 6 aromatic rings. The van der Waals surface area contributed by atoms with Crippen LogP contribution in [0.3, 0.4) is 0 Å². The molecule has 3 N–H and O–H groups in total. The molecule has 9 heteroatoms. The fourth-order valence-electron chi connectivity index (χ4n) is 13.6. The van der Waals surface area contributed by atoms with Crippen molar-refractivity contribution in [3.8, 4) is 34.5 Å². The van der Waals surface area contributed by atoms with Crippen LogP contribution in [0.1, 0.15) is 333 Å². The van der Waals surface area contributed by atoms with Gasteiger partial charge in [0.25, 0.3) is 0 Å². The zero-order valence-corrected chi connectivity index (χ0v) is 65.7. The Kier molecular flexibility index (Phi) is 23.2. The van der Waals surface area contributed by atoms with Gasteiger partial charge in [-0.05, 0) is 186 Å². The van der Waals surface area contributed by atoms with E-state index in [2.05, 4.69) is 230 Å². The van der Waals surface area contributed by atoms with E-state index >= 15 is 14.4 Å². The average molecular weight is 1330 g/mol. The van der Waals surface area contributed by atoms with Crippen molar-refractivity contribution in [1.29, 1.82) is 0 Å². The molecule has 4 unspecified atom stereocenters. The van der Waals surface area contributed by atoms with E-state index in [4.69, 9.17) is 14.2 Å². The Morgan fingerprint density at radius 3 is 0.763 bits per heavy atom. The first-order chi connectivity index (χ1) is 43.9. The van der Waals surface area contributed by atoms with Crippen LogP contribution in [-0.4, -0.2) is 33.2 Å². The number of rotatable bonds is 17. The highest BCUT2D eigenvalue weighted by molar-refractivity contribution is 5.83. The molecule has 0 spiro atoms. The van der Waals surface area contributed by atoms with Crippen molar-refractivity contribution in [2.24, 2.45) is 16.2 Å². The number of hydrogen-bond donors (Lipinski definition) is 3. The molecule has 0 amide bonds. The van der Waals surface area contributed by atoms with E-state index in [1.165, 1.54) is 0 Å². The fraction of sp³-hybridized carbons (Fsp3) is 0.557. The van der Waals surface area contributed by atoms with E-state index in [9.17, 15) is 15.3 Å². The molecule has 9 nitrogen and oxygen atoms in total. The summed E-state index contributed by atoms with van der Waals surface area (Å²) in [6, 6.07) is 29.9. The van der Waals surface area contributed by atoms with E-state index in [1.807, 2.05) is 57.2 Å². The van der Waals surface area contributed by atoms with Crippen molar-refractivity contribution in [2.75, 3.05) is 0 Å². The first kappa shape index (κ1) is 79.1. The van der Waals surface area contributed by atoms with Gasteiger partial charge in [0.1, 0.15) is 34.5 Å². The van der Waals surface area contributed by atoms with E-state index in [1.54, 1.807) is 18.2 Å². The van der Waals surface area contributed by atoms with Gasteiger partial charge in [-0.3, -0.25) is 14.4 Å². The molecule has 6 rings (SSSR count). The normalized spacial score (nSPS) is 14.8. The van der Waals surface area contributed by atoms with Gasteiger partial charge in [-0.25, -0.2) is 0 Å². The maximum absolute atomic E-state index is 15.2. The number of phenols is 3. The van der Waals surface area contributed by atoms with Crippen LogP contribution in [0.2, 0.25) is 0 Å². The summed E-state index contributed by atoms with van der Waals surface area (Å²) in [4.78, 5) is 45.4. The summed E-state index contributed by atoms with van der Waals surface area (Å²) < 4.78 is 20.4. The maximum atomic E-state index is 15.2. The minimum absolute atomic E-state index is 0.0780. The van der Waals surface area contributed by atoms with Gasteiger partial charge in [0.05, 0.1) is 17.8 Å². The molecule has 0 saturated carbocycles. The molecule has 530 valence electrons. The number of phenolic OH excluding ortho intramolecular Hbond substituents is 3. The quantitative estimate of drug-likeness (QED) is 0.0601. The Bertz CT molecular complexity index is 3680. The minimum atomic E-state index is -0.624. The molecule has 0 saturated heterocycles. The highest BCUT2D eigenvalue weighted by Crippen LogP contribution is 2.49. The molecule has 4 atom stereocenters. The number of hydrogen-bond acceptors (Lipinski definition) is 9. The smallest absolute Gasteiger partial charge is 0.318 e. The van der Waals surface area contributed by atoms with Crippen LogP contribution in [0.25, 0.3) is 0 Å². The number of benzene rings is 6. The molecule has 0 aromatic heterocycles. The molecule has 0 aliphatic heterocycles. The lowest BCUT2D eigenvalue weighted by molar-refractivity contribution is -0.137. The molecule has 0 radical (unpaired) electrons. The molecular weight excluding hydrogens is 1200 g/mol. The number of esters is 3. The number of ether oxygens (including phenoxy) is 3. The lowest BCUT2D eigenvalue weighted by Gasteiger charge is -2.32. The standard InChI is InChI=1S/C88H124O9/c1-51(58-38-52(2)74(68(45-58)86(23,24)25)95-77(92)62(48-80(5,6)7)55-32-35-71(89)65(42-55)83(14,15)16)41-61(59-39-53(3)75(69(46-59)87(26,27)28)96-78(93)63(49-81(8,9)10)56-33-36-72(90)66(43-56)84(17,18)19)60-40-54(4)76(70(47-60)88(29,30)31)97-79(94)64(50-82(11,12)13)57-34-37-73(91)67(44-57)85(20,21)22/h32-40,42-47,51,61-64,89-91H,41,48-50H2,1-31H3. The molecule has 0 fully saturated rings. The third-order valence-corrected chi connectivity index (χ3v) is 18.9. The van der Waals surface area contributed by atoms with Gasteiger partial charge >= 0.3 is 17.9 Å². The maximum Gasteiger partial charge on any atom is 0.318 e. The van der Waals surface area contributed by atoms with Crippen molar-refractivity contribution in [2.45, 2.75) is 302 Å². The summed E-state index contributed by atoms with van der Waals surface area (Å²) in [7, 11) is 0. The first-order valence-electron chi connectivity index (χ1n) is 35.5. The van der Waals surface area contributed by atoms with Crippen LogP contribution in [-0.2, 0) is 46.9 Å². The molecular formula is C88H124O9. The highest BCUT2D eigenvalue weighted by atomic mass is 16.5. The monoisotopic (exact) mass is 1320 g/mol. The Morgan fingerprint density at radius 2 is 0.536 bits per heavy atom. The Morgan fingerprint density at radius 1 is 0.320 bits per heavy atom. The first-order valence-corrected chi connectivity index (χ1v) is 35.5. The van der Waals surface area contributed by atoms with Gasteiger partial charge in [0, 0.05) is 22.6 Å². The summed E-state index contributed by atoms with van der Waals surface area (Å²) in [5, 5.41) is 33.2. The topological polar surface area (TPSA) is 140 Å². The molecule has 97 heavy (non-hydrogen) atoms. The Hall–Kier alpha value is -6.87. The van der Waals surface area contributed by atoms with Gasteiger partial charge in [-0.2, -0.15) is 0 Å². The largest absolute Gasteiger partial charge is 0.508 e. The van der Waals surface area contributed by atoms with Crippen LogP contribution in [0.5, 0.6) is 34.5 Å². The van der Waals surface area contributed by atoms with Crippen LogP contribution in [0.4, 0.5) is 0 Å². The van der Waals surface area contributed by atoms with Crippen LogP contribution >= 0.6 is 0 Å². The SMILES string of the molecule is Cc1cc(C(C)CC(c2cc(C)c(OC(=O)C(CC(C)(C)C)c3ccc(O)c(C(C)(C)C)c3)c(C(C)(C)C)c2)c2cc(C)c(OC(=O)C(CC(C)(C)C)c3ccc(O)c(C(C)(C)C)c3)c(C(C)(C)C)c2)cc(C(C)(C)C)c1OC(=O)C(CC(C)(C)C)c1ccc(O)c(C(C)(C)C)c1. The summed E-state index contributed by atoms with van der Waals surface area (Å²) in [5.41, 5.74) is 9.79. The van der Waals surface area contributed by atoms with Crippen molar-refractivity contribution >= 4 is 17.9 Å². The molecule has 0 aliphatic carbocycles. The minimum Gasteiger partial charge on any atom is -0.508 e. The number of carbonyl (C=O) groups excluding carboxylic acids is 3. The Balaban J connectivity index is 1.58. The molecule has 0 heterocycles. The summed E-state index contributed by atoms with van der Waals surface area (Å²) >= 11 is 0. The second-order valence-corrected chi connectivity index (χ2v) is 38.4. The zero-order chi connectivity index (χ0) is 73.8. The van der Waals surface area contributed by atoms with Crippen LogP contribution < -0.4 is 14.2 Å². The number of carbonyl (C=O) groups is 3. The lowest BCUT2D eigenvalue weighted by Crippen LogP contribution is -2.26. The summed E-state index contributed by atoms with van der Waals surface area (Å²) in [6.45, 7) is 65.6. The third-order valence-electron chi connectivity index (χ3n) is 18.9. The predicted octanol–water partition coefficient (Wildman–Crippen LogP) is 23.2. The van der Waals surface area contributed by atoms with Crippen molar-refractivity contribution < 1.29 is 43.9 Å². The van der Waals surface area contributed by atoms with E-state index < -0.39 is 34.0 Å². The van der Waals surface area contributed by atoms with Crippen molar-refractivity contribution in [1.82, 2.24) is 0 Å². The average Bonchev–Trinajstić information content (AvgIpc) is 0.770. The summed E-state index contributed by atoms with van der Waals surface area (Å²) in [5.74, 6) is -1.03. The molecule has 0 bridgehead atoms. The van der Waals surface area contributed by atoms with Gasteiger partial charge in [-0.15, -0.1) is 0 Å². The molecule has 6 aromatic carbocycles. The second kappa shape index (κ2) is 28.4. The highest BCUT2D eigenvalue weighted by Gasteiger charge is 2.38. The van der Waals surface area contributed by atoms with Gasteiger partial charge in [0.2, 0.25) is 0 Å². The second-order valence-electron chi connectivity index (χ2n) is 38.4. The number of aromatic hydroxyl groups is 3. The van der Waals surface area contributed by atoms with Gasteiger partial charge in [0.15, 0.2) is 0 Å². The Labute approximate surface area is 586 Å². The van der Waals surface area contributed by atoms with Crippen LogP contribution in [0.15, 0.2) is 91.0 Å². The number of aryl methyl sites for hydroxylation is 3. The molecule has 0 aliphatic rings. The predicted molar refractivity (Wildman–Crippen MR) is 402 cm³/mol. The van der Waals surface area contributed by atoms with Crippen LogP contribution in [0, 0.1) is 37.0 Å². The van der Waals surface area contributed by atoms with E-state index in [-0.39, 0.29) is 79.5 Å². The lowest BCUT2D eigenvalue weighted by atomic mass is 9.75.